The van der Waals surface area contributed by atoms with Gasteiger partial charge in [-0.25, -0.2) is 4.79 Å². The van der Waals surface area contributed by atoms with Gasteiger partial charge in [0.25, 0.3) is 0 Å². The number of tetrazole rings is 1. The monoisotopic (exact) mass is 305 g/mol. The first kappa shape index (κ1) is 13.9. The summed E-state index contributed by atoms with van der Waals surface area (Å²) >= 11 is 1.52. The fourth-order valence-electron chi connectivity index (χ4n) is 1.99. The molecule has 0 saturated carbocycles. The molecule has 110 valence electrons. The zero-order valence-electron chi connectivity index (χ0n) is 11.6. The van der Waals surface area contributed by atoms with Crippen LogP contribution < -0.4 is 0 Å². The molecule has 1 aromatic carbocycles. The highest BCUT2D eigenvalue weighted by Gasteiger charge is 2.21. The van der Waals surface area contributed by atoms with Crippen LogP contribution in [-0.2, 0) is 4.74 Å². The predicted octanol–water partition coefficient (Wildman–Crippen LogP) is 1.52. The van der Waals surface area contributed by atoms with Crippen molar-refractivity contribution in [1.29, 1.82) is 0 Å². The third kappa shape index (κ3) is 3.15. The number of ether oxygens (including phenoxy) is 1. The molecular formula is C13H15N5O2S. The Bertz CT molecular complexity index is 628. The van der Waals surface area contributed by atoms with Gasteiger partial charge in [0, 0.05) is 12.3 Å². The third-order valence-corrected chi connectivity index (χ3v) is 4.06. The van der Waals surface area contributed by atoms with Crippen molar-refractivity contribution in [3.8, 4) is 5.69 Å². The Morgan fingerprint density at radius 2 is 2.14 bits per heavy atom. The van der Waals surface area contributed by atoms with E-state index in [4.69, 9.17) is 4.74 Å². The van der Waals surface area contributed by atoms with E-state index in [9.17, 15) is 4.79 Å². The molecule has 1 aliphatic rings. The number of hydrogen-bond acceptors (Lipinski definition) is 6. The molecule has 8 heteroatoms. The lowest BCUT2D eigenvalue weighted by atomic mass is 10.2. The van der Waals surface area contributed by atoms with Crippen LogP contribution >= 0.6 is 11.8 Å². The van der Waals surface area contributed by atoms with E-state index in [0.717, 1.165) is 11.4 Å². The molecule has 0 radical (unpaired) electrons. The van der Waals surface area contributed by atoms with E-state index >= 15 is 0 Å². The van der Waals surface area contributed by atoms with Gasteiger partial charge in [-0.1, -0.05) is 29.5 Å². The second-order valence-corrected chi connectivity index (χ2v) is 5.72. The summed E-state index contributed by atoms with van der Waals surface area (Å²) in [6.45, 7) is 3.80. The van der Waals surface area contributed by atoms with Crippen LogP contribution in [0.4, 0.5) is 4.79 Å². The third-order valence-electron chi connectivity index (χ3n) is 3.16. The maximum Gasteiger partial charge on any atom is 0.409 e. The first-order valence-corrected chi connectivity index (χ1v) is 7.62. The highest BCUT2D eigenvalue weighted by Crippen LogP contribution is 2.19. The molecule has 1 amide bonds. The molecule has 0 aliphatic carbocycles. The highest BCUT2D eigenvalue weighted by atomic mass is 32.2. The van der Waals surface area contributed by atoms with Crippen LogP contribution in [0.2, 0.25) is 0 Å². The highest BCUT2D eigenvalue weighted by molar-refractivity contribution is 7.99. The summed E-state index contributed by atoms with van der Waals surface area (Å²) < 4.78 is 6.59. The molecule has 0 atom stereocenters. The Kier molecular flexibility index (Phi) is 4.05. The lowest BCUT2D eigenvalue weighted by Crippen LogP contribution is -2.26. The molecule has 1 fully saturated rings. The summed E-state index contributed by atoms with van der Waals surface area (Å²) in [5.41, 5.74) is 2.11. The number of rotatable bonds is 5. The smallest absolute Gasteiger partial charge is 0.409 e. The molecule has 0 spiro atoms. The minimum atomic E-state index is -0.242. The van der Waals surface area contributed by atoms with Gasteiger partial charge in [0.15, 0.2) is 0 Å². The minimum absolute atomic E-state index is 0.242. The average Bonchev–Trinajstić information content (AvgIpc) is 3.10. The summed E-state index contributed by atoms with van der Waals surface area (Å²) in [5.74, 6) is 0.724. The normalized spacial score (nSPS) is 14.5. The van der Waals surface area contributed by atoms with Crippen LogP contribution in [0.5, 0.6) is 0 Å². The molecule has 1 aromatic heterocycles. The summed E-state index contributed by atoms with van der Waals surface area (Å²) in [6.07, 6.45) is -0.242. The number of nitrogens with zero attached hydrogens (tertiary/aromatic N) is 5. The molecular weight excluding hydrogens is 290 g/mol. The molecule has 3 rings (SSSR count). The minimum Gasteiger partial charge on any atom is -0.448 e. The van der Waals surface area contributed by atoms with E-state index in [0.29, 0.717) is 24.9 Å². The van der Waals surface area contributed by atoms with Crippen LogP contribution in [0.3, 0.4) is 0 Å². The van der Waals surface area contributed by atoms with Crippen molar-refractivity contribution < 1.29 is 9.53 Å². The van der Waals surface area contributed by atoms with Gasteiger partial charge in [0.05, 0.1) is 12.2 Å². The second kappa shape index (κ2) is 6.13. The van der Waals surface area contributed by atoms with Gasteiger partial charge in [0.1, 0.15) is 6.61 Å². The van der Waals surface area contributed by atoms with E-state index in [2.05, 4.69) is 15.5 Å². The standard InChI is InChI=1S/C13H15N5O2S/c1-10-2-4-11(5-3-10)18-12(14-15-16-18)21-9-7-17-6-8-20-13(17)19/h2-5H,6-9H2,1H3. The van der Waals surface area contributed by atoms with E-state index in [-0.39, 0.29) is 6.09 Å². The second-order valence-electron chi connectivity index (χ2n) is 4.66. The SMILES string of the molecule is Cc1ccc(-n2nnnc2SCCN2CCOC2=O)cc1. The largest absolute Gasteiger partial charge is 0.448 e. The Hall–Kier alpha value is -2.09. The van der Waals surface area contributed by atoms with Gasteiger partial charge in [-0.05, 0) is 29.5 Å². The molecule has 2 aromatic rings. The summed E-state index contributed by atoms with van der Waals surface area (Å²) in [5, 5.41) is 12.5. The van der Waals surface area contributed by atoms with Gasteiger partial charge in [-0.15, -0.1) is 5.10 Å². The molecule has 7 nitrogen and oxygen atoms in total. The lowest BCUT2D eigenvalue weighted by Gasteiger charge is -2.11. The van der Waals surface area contributed by atoms with Gasteiger partial charge < -0.3 is 9.64 Å². The number of amides is 1. The number of aryl methyl sites for hydroxylation is 1. The summed E-state index contributed by atoms with van der Waals surface area (Å²) in [6, 6.07) is 8.00. The summed E-state index contributed by atoms with van der Waals surface area (Å²) in [7, 11) is 0. The van der Waals surface area contributed by atoms with Crippen LogP contribution in [0.15, 0.2) is 29.4 Å². The van der Waals surface area contributed by atoms with Crippen molar-refractivity contribution in [2.75, 3.05) is 25.4 Å². The molecule has 0 unspecified atom stereocenters. The van der Waals surface area contributed by atoms with Crippen molar-refractivity contribution in [3.05, 3.63) is 29.8 Å². The molecule has 0 bridgehead atoms. The molecule has 1 saturated heterocycles. The first-order valence-electron chi connectivity index (χ1n) is 6.64. The van der Waals surface area contributed by atoms with Crippen molar-refractivity contribution >= 4 is 17.9 Å². The number of carbonyl (C=O) groups excluding carboxylic acids is 1. The van der Waals surface area contributed by atoms with Crippen LogP contribution in [0.1, 0.15) is 5.56 Å². The zero-order valence-corrected chi connectivity index (χ0v) is 12.4. The van der Waals surface area contributed by atoms with E-state index in [1.165, 1.54) is 17.3 Å². The number of aromatic nitrogens is 4. The maximum atomic E-state index is 11.3. The topological polar surface area (TPSA) is 73.1 Å². The predicted molar refractivity (Wildman–Crippen MR) is 77.5 cm³/mol. The van der Waals surface area contributed by atoms with Crippen molar-refractivity contribution in [3.63, 3.8) is 0 Å². The van der Waals surface area contributed by atoms with Gasteiger partial charge in [0.2, 0.25) is 5.16 Å². The molecule has 1 aliphatic heterocycles. The molecule has 2 heterocycles. The number of cyclic esters (lactones) is 1. The quantitative estimate of drug-likeness (QED) is 0.780. The lowest BCUT2D eigenvalue weighted by molar-refractivity contribution is 0.160. The van der Waals surface area contributed by atoms with Gasteiger partial charge in [-0.2, -0.15) is 4.68 Å². The summed E-state index contributed by atoms with van der Waals surface area (Å²) in [4.78, 5) is 13.0. The van der Waals surface area contributed by atoms with Crippen LogP contribution in [0, 0.1) is 6.92 Å². The Morgan fingerprint density at radius 3 is 2.86 bits per heavy atom. The van der Waals surface area contributed by atoms with Crippen molar-refractivity contribution in [2.45, 2.75) is 12.1 Å². The van der Waals surface area contributed by atoms with E-state index in [1.54, 1.807) is 9.58 Å². The number of carbonyl (C=O) groups is 1. The van der Waals surface area contributed by atoms with Crippen molar-refractivity contribution in [2.24, 2.45) is 0 Å². The average molecular weight is 305 g/mol. The van der Waals surface area contributed by atoms with Crippen LogP contribution in [0.25, 0.3) is 5.69 Å². The Balaban J connectivity index is 1.63. The van der Waals surface area contributed by atoms with Crippen molar-refractivity contribution in [1.82, 2.24) is 25.1 Å². The van der Waals surface area contributed by atoms with Crippen LogP contribution in [-0.4, -0.2) is 56.6 Å². The number of hydrogen-bond donors (Lipinski definition) is 0. The zero-order chi connectivity index (χ0) is 14.7. The maximum absolute atomic E-state index is 11.3. The fraction of sp³-hybridized carbons (Fsp3) is 0.385. The molecule has 0 N–H and O–H groups in total. The number of benzene rings is 1. The number of thioether (sulfide) groups is 1. The molecule has 21 heavy (non-hydrogen) atoms. The van der Waals surface area contributed by atoms with E-state index < -0.39 is 0 Å². The van der Waals surface area contributed by atoms with E-state index in [1.807, 2.05) is 31.2 Å². The fourth-order valence-corrected chi connectivity index (χ4v) is 2.85. The van der Waals surface area contributed by atoms with Gasteiger partial charge in [-0.3, -0.25) is 0 Å². The van der Waals surface area contributed by atoms with Gasteiger partial charge >= 0.3 is 6.09 Å². The first-order chi connectivity index (χ1) is 10.2. The Morgan fingerprint density at radius 1 is 1.33 bits per heavy atom. The Labute approximate surface area is 126 Å².